The van der Waals surface area contributed by atoms with Gasteiger partial charge in [-0.05, 0) is 46.8 Å². The molecule has 0 spiro atoms. The van der Waals surface area contributed by atoms with Crippen molar-refractivity contribution < 1.29 is 4.74 Å². The molecule has 0 aliphatic rings. The normalized spacial score (nSPS) is 13.0. The number of nitrogens with one attached hydrogen (secondary N) is 1. The molecule has 0 saturated carbocycles. The molecular formula is C9H19N3OS. The molecule has 5 heteroatoms. The summed E-state index contributed by atoms with van der Waals surface area (Å²) in [6.07, 6.45) is 0. The Kier molecular flexibility index (Phi) is 4.45. The van der Waals surface area contributed by atoms with E-state index in [2.05, 4.69) is 15.5 Å². The van der Waals surface area contributed by atoms with Gasteiger partial charge in [-0.25, -0.2) is 0 Å². The zero-order valence-corrected chi connectivity index (χ0v) is 10.5. The molecule has 0 aromatic rings. The van der Waals surface area contributed by atoms with Crippen LogP contribution in [0, 0.1) is 0 Å². The van der Waals surface area contributed by atoms with E-state index in [0.717, 1.165) is 0 Å². The van der Waals surface area contributed by atoms with Crippen LogP contribution in [0.5, 0.6) is 0 Å². The second-order valence-electron chi connectivity index (χ2n) is 4.55. The maximum atomic E-state index is 4.88. The van der Waals surface area contributed by atoms with Crippen LogP contribution < -0.4 is 5.32 Å². The van der Waals surface area contributed by atoms with Crippen molar-refractivity contribution in [2.75, 3.05) is 7.11 Å². The van der Waals surface area contributed by atoms with Crippen LogP contribution >= 0.6 is 12.2 Å². The Morgan fingerprint density at radius 2 is 1.64 bits per heavy atom. The Morgan fingerprint density at radius 3 is 2.00 bits per heavy atom. The van der Waals surface area contributed by atoms with Crippen molar-refractivity contribution in [2.24, 2.45) is 10.2 Å². The van der Waals surface area contributed by atoms with Crippen LogP contribution in [0.4, 0.5) is 0 Å². The lowest BCUT2D eigenvalue weighted by molar-refractivity contribution is 0.344. The molecule has 4 nitrogen and oxygen atoms in total. The van der Waals surface area contributed by atoms with E-state index in [1.54, 1.807) is 0 Å². The van der Waals surface area contributed by atoms with Crippen LogP contribution in [0.25, 0.3) is 0 Å². The highest BCUT2D eigenvalue weighted by Gasteiger charge is 2.19. The summed E-state index contributed by atoms with van der Waals surface area (Å²) >= 11 is 4.88. The quantitative estimate of drug-likeness (QED) is 0.571. The number of nitrogens with zero attached hydrogens (tertiary/aromatic N) is 2. The summed E-state index contributed by atoms with van der Waals surface area (Å²) in [7, 11) is 1.52. The molecule has 0 aromatic carbocycles. The van der Waals surface area contributed by atoms with Gasteiger partial charge in [0.15, 0.2) is 0 Å². The van der Waals surface area contributed by atoms with E-state index in [1.165, 1.54) is 7.11 Å². The molecule has 0 fully saturated rings. The van der Waals surface area contributed by atoms with E-state index >= 15 is 0 Å². The second kappa shape index (κ2) is 4.68. The number of ether oxygens (including phenoxy) is 1. The van der Waals surface area contributed by atoms with Crippen molar-refractivity contribution in [3.63, 3.8) is 0 Å². The van der Waals surface area contributed by atoms with E-state index in [9.17, 15) is 0 Å². The number of azo groups is 1. The Labute approximate surface area is 91.1 Å². The Balaban J connectivity index is 4.34. The van der Waals surface area contributed by atoms with E-state index in [-0.39, 0.29) is 5.54 Å². The number of hydrogen-bond acceptors (Lipinski definition) is 4. The number of hydrogen-bond donors (Lipinski definition) is 1. The van der Waals surface area contributed by atoms with Gasteiger partial charge in [-0.2, -0.15) is 10.2 Å². The molecule has 0 aliphatic carbocycles. The third-order valence-corrected chi connectivity index (χ3v) is 1.46. The van der Waals surface area contributed by atoms with Crippen LogP contribution in [0.15, 0.2) is 10.2 Å². The standard InChI is InChI=1S/C9H19N3OS/c1-8(2,3)11-12-9(4,5)10-7(14)13-6/h1-6H3,(H,10,14). The summed E-state index contributed by atoms with van der Waals surface area (Å²) in [6, 6.07) is 0. The molecule has 0 aromatic heterocycles. The topological polar surface area (TPSA) is 46.0 Å². The van der Waals surface area contributed by atoms with Gasteiger partial charge >= 0.3 is 0 Å². The second-order valence-corrected chi connectivity index (χ2v) is 4.92. The summed E-state index contributed by atoms with van der Waals surface area (Å²) in [4.78, 5) is 0. The lowest BCUT2D eigenvalue weighted by Crippen LogP contribution is -2.41. The first-order valence-electron chi connectivity index (χ1n) is 4.46. The van der Waals surface area contributed by atoms with Crippen molar-refractivity contribution in [3.05, 3.63) is 0 Å². The van der Waals surface area contributed by atoms with Gasteiger partial charge < -0.3 is 10.1 Å². The minimum Gasteiger partial charge on any atom is -0.474 e. The highest BCUT2D eigenvalue weighted by atomic mass is 32.1. The predicted octanol–water partition coefficient (Wildman–Crippen LogP) is 2.49. The molecule has 0 bridgehead atoms. The van der Waals surface area contributed by atoms with Gasteiger partial charge in [-0.15, -0.1) is 0 Å². The average molecular weight is 217 g/mol. The maximum absolute atomic E-state index is 4.88. The first-order chi connectivity index (χ1) is 6.16. The van der Waals surface area contributed by atoms with Gasteiger partial charge in [0.2, 0.25) is 0 Å². The largest absolute Gasteiger partial charge is 0.474 e. The van der Waals surface area contributed by atoms with Gasteiger partial charge in [0.05, 0.1) is 12.6 Å². The minimum absolute atomic E-state index is 0.173. The predicted molar refractivity (Wildman–Crippen MR) is 61.4 cm³/mol. The molecule has 0 radical (unpaired) electrons. The molecule has 0 unspecified atom stereocenters. The molecule has 0 heterocycles. The van der Waals surface area contributed by atoms with Crippen LogP contribution in [0.1, 0.15) is 34.6 Å². The van der Waals surface area contributed by atoms with Gasteiger partial charge in [-0.3, -0.25) is 0 Å². The van der Waals surface area contributed by atoms with E-state index in [4.69, 9.17) is 17.0 Å². The van der Waals surface area contributed by atoms with Gasteiger partial charge in [-0.1, -0.05) is 0 Å². The van der Waals surface area contributed by atoms with Crippen LogP contribution in [-0.2, 0) is 4.74 Å². The monoisotopic (exact) mass is 217 g/mol. The summed E-state index contributed by atoms with van der Waals surface area (Å²) in [6.45, 7) is 9.73. The Bertz CT molecular complexity index is 231. The maximum Gasteiger partial charge on any atom is 0.258 e. The van der Waals surface area contributed by atoms with Crippen LogP contribution in [0.3, 0.4) is 0 Å². The fraction of sp³-hybridized carbons (Fsp3) is 0.889. The van der Waals surface area contributed by atoms with Crippen LogP contribution in [0.2, 0.25) is 0 Å². The van der Waals surface area contributed by atoms with Gasteiger partial charge in [0, 0.05) is 0 Å². The van der Waals surface area contributed by atoms with Crippen LogP contribution in [-0.4, -0.2) is 23.5 Å². The number of thiocarbonyl (C=S) groups is 1. The summed E-state index contributed by atoms with van der Waals surface area (Å²) in [5.74, 6) is 0. The Morgan fingerprint density at radius 1 is 1.14 bits per heavy atom. The fourth-order valence-corrected chi connectivity index (χ4v) is 0.851. The van der Waals surface area contributed by atoms with Gasteiger partial charge in [0.25, 0.3) is 5.17 Å². The third kappa shape index (κ3) is 6.77. The molecule has 0 rings (SSSR count). The van der Waals surface area contributed by atoms with Crippen molar-refractivity contribution in [3.8, 4) is 0 Å². The van der Waals surface area contributed by atoms with Gasteiger partial charge in [0.1, 0.15) is 5.66 Å². The molecule has 82 valence electrons. The van der Waals surface area contributed by atoms with E-state index in [1.807, 2.05) is 34.6 Å². The van der Waals surface area contributed by atoms with E-state index in [0.29, 0.717) is 5.17 Å². The molecule has 0 aliphatic heterocycles. The van der Waals surface area contributed by atoms with Crippen molar-refractivity contribution in [1.29, 1.82) is 0 Å². The number of methoxy groups -OCH3 is 1. The molecule has 14 heavy (non-hydrogen) atoms. The highest BCUT2D eigenvalue weighted by molar-refractivity contribution is 7.80. The van der Waals surface area contributed by atoms with Crippen molar-refractivity contribution >= 4 is 17.4 Å². The van der Waals surface area contributed by atoms with Crippen molar-refractivity contribution in [1.82, 2.24) is 5.32 Å². The Hall–Kier alpha value is -0.710. The zero-order valence-electron chi connectivity index (χ0n) is 9.71. The summed E-state index contributed by atoms with van der Waals surface area (Å²) in [5, 5.41) is 11.6. The number of rotatable bonds is 2. The highest BCUT2D eigenvalue weighted by Crippen LogP contribution is 2.12. The molecule has 0 atom stereocenters. The summed E-state index contributed by atoms with van der Waals surface area (Å²) < 4.78 is 4.84. The van der Waals surface area contributed by atoms with Crippen molar-refractivity contribution in [2.45, 2.75) is 45.8 Å². The molecule has 0 saturated heterocycles. The van der Waals surface area contributed by atoms with E-state index < -0.39 is 5.66 Å². The zero-order chi connectivity index (χ0) is 11.4. The SMILES string of the molecule is COC(=S)NC(C)(C)N=NC(C)(C)C. The molecule has 1 N–H and O–H groups in total. The lowest BCUT2D eigenvalue weighted by atomic mass is 10.1. The minimum atomic E-state index is -0.527. The first kappa shape index (κ1) is 13.3. The first-order valence-corrected chi connectivity index (χ1v) is 4.87. The summed E-state index contributed by atoms with van der Waals surface area (Å²) in [5.41, 5.74) is -0.700. The third-order valence-electron chi connectivity index (χ3n) is 1.19. The molecule has 0 amide bonds. The lowest BCUT2D eigenvalue weighted by Gasteiger charge is -2.22. The fourth-order valence-electron chi connectivity index (χ4n) is 0.601. The smallest absolute Gasteiger partial charge is 0.258 e. The average Bonchev–Trinajstić information content (AvgIpc) is 1.99. The molecular weight excluding hydrogens is 198 g/mol.